The molecule has 0 heterocycles. The molecule has 0 amide bonds. The van der Waals surface area contributed by atoms with Gasteiger partial charge < -0.3 is 5.32 Å². The number of hydrogen-bond donors (Lipinski definition) is 1. The van der Waals surface area contributed by atoms with E-state index in [1.54, 1.807) is 6.07 Å². The Morgan fingerprint density at radius 2 is 1.89 bits per heavy atom. The fourth-order valence-corrected chi connectivity index (χ4v) is 3.12. The van der Waals surface area contributed by atoms with Gasteiger partial charge >= 0.3 is 0 Å². The lowest BCUT2D eigenvalue weighted by molar-refractivity contribution is 0.325. The van der Waals surface area contributed by atoms with Crippen LogP contribution in [-0.2, 0) is 5.41 Å². The van der Waals surface area contributed by atoms with Crippen molar-refractivity contribution in [1.82, 2.24) is 5.32 Å². The van der Waals surface area contributed by atoms with Crippen LogP contribution in [0.1, 0.15) is 52.0 Å². The summed E-state index contributed by atoms with van der Waals surface area (Å²) < 4.78 is 14.4. The van der Waals surface area contributed by atoms with Gasteiger partial charge in [0, 0.05) is 17.5 Å². The first kappa shape index (κ1) is 14.8. The average Bonchev–Trinajstić information content (AvgIpc) is 2.79. The topological polar surface area (TPSA) is 12.0 Å². The smallest absolute Gasteiger partial charge is 0.145 e. The first-order valence-corrected chi connectivity index (χ1v) is 7.41. The molecule has 0 radical (unpaired) electrons. The minimum absolute atomic E-state index is 0.0463. The second kappa shape index (κ2) is 5.41. The molecule has 1 aromatic rings. The van der Waals surface area contributed by atoms with Gasteiger partial charge in [-0.1, -0.05) is 36.6 Å². The summed E-state index contributed by atoms with van der Waals surface area (Å²) >= 11 is 5.95. The maximum Gasteiger partial charge on any atom is 0.145 e. The van der Waals surface area contributed by atoms with Crippen LogP contribution in [0.4, 0.5) is 4.39 Å². The highest BCUT2D eigenvalue weighted by Gasteiger charge is 2.38. The highest BCUT2D eigenvalue weighted by Crippen LogP contribution is 2.43. The number of rotatable bonds is 3. The van der Waals surface area contributed by atoms with Gasteiger partial charge in [-0.05, 0) is 45.2 Å². The molecule has 1 fully saturated rings. The quantitative estimate of drug-likeness (QED) is 0.849. The molecule has 1 aliphatic carbocycles. The monoisotopic (exact) mass is 283 g/mol. The van der Waals surface area contributed by atoms with Crippen LogP contribution in [0.3, 0.4) is 0 Å². The number of halogens is 2. The van der Waals surface area contributed by atoms with Crippen LogP contribution in [0.25, 0.3) is 0 Å². The van der Waals surface area contributed by atoms with Crippen LogP contribution in [0.2, 0.25) is 5.02 Å². The first-order chi connectivity index (χ1) is 8.84. The van der Waals surface area contributed by atoms with Crippen LogP contribution in [0.15, 0.2) is 18.2 Å². The van der Waals surface area contributed by atoms with E-state index in [1.807, 2.05) is 12.1 Å². The second-order valence-corrected chi connectivity index (χ2v) is 7.10. The van der Waals surface area contributed by atoms with Crippen LogP contribution in [0, 0.1) is 5.82 Å². The van der Waals surface area contributed by atoms with E-state index in [-0.39, 0.29) is 21.8 Å². The van der Waals surface area contributed by atoms with Gasteiger partial charge in [0.25, 0.3) is 0 Å². The van der Waals surface area contributed by atoms with Crippen LogP contribution in [0.5, 0.6) is 0 Å². The summed E-state index contributed by atoms with van der Waals surface area (Å²) in [5, 5.41) is 3.78. The first-order valence-electron chi connectivity index (χ1n) is 7.04. The Labute approximate surface area is 120 Å². The largest absolute Gasteiger partial charge is 0.311 e. The molecular formula is C16H23ClFN. The lowest BCUT2D eigenvalue weighted by atomic mass is 9.78. The van der Waals surface area contributed by atoms with Crippen molar-refractivity contribution in [3.8, 4) is 0 Å². The van der Waals surface area contributed by atoms with Crippen molar-refractivity contribution in [2.45, 2.75) is 57.4 Å². The van der Waals surface area contributed by atoms with Crippen molar-refractivity contribution in [3.63, 3.8) is 0 Å². The molecule has 1 nitrogen and oxygen atoms in total. The summed E-state index contributed by atoms with van der Waals surface area (Å²) in [4.78, 5) is 0. The Kier molecular flexibility index (Phi) is 4.22. The van der Waals surface area contributed by atoms with Gasteiger partial charge in [0.1, 0.15) is 5.82 Å². The van der Waals surface area contributed by atoms with Crippen LogP contribution in [-0.4, -0.2) is 12.1 Å². The van der Waals surface area contributed by atoms with Gasteiger partial charge in [0.15, 0.2) is 0 Å². The van der Waals surface area contributed by atoms with Crippen molar-refractivity contribution in [3.05, 3.63) is 34.6 Å². The van der Waals surface area contributed by atoms with E-state index in [2.05, 4.69) is 26.1 Å². The molecule has 1 N–H and O–H groups in total. The molecule has 0 unspecified atom stereocenters. The summed E-state index contributed by atoms with van der Waals surface area (Å²) in [5.74, 6) is -0.234. The zero-order valence-corrected chi connectivity index (χ0v) is 12.8. The van der Waals surface area contributed by atoms with Crippen molar-refractivity contribution in [2.24, 2.45) is 0 Å². The Bertz CT molecular complexity index is 445. The molecule has 19 heavy (non-hydrogen) atoms. The fourth-order valence-electron chi connectivity index (χ4n) is 2.94. The van der Waals surface area contributed by atoms with Crippen LogP contribution >= 0.6 is 11.6 Å². The summed E-state index contributed by atoms with van der Waals surface area (Å²) in [6, 6.07) is 5.38. The van der Waals surface area contributed by atoms with E-state index < -0.39 is 0 Å². The van der Waals surface area contributed by atoms with E-state index in [1.165, 1.54) is 0 Å². The molecule has 1 saturated carbocycles. The summed E-state index contributed by atoms with van der Waals surface area (Å²) in [6.45, 7) is 7.24. The Morgan fingerprint density at radius 1 is 1.26 bits per heavy atom. The van der Waals surface area contributed by atoms with Crippen molar-refractivity contribution < 1.29 is 4.39 Å². The van der Waals surface area contributed by atoms with Gasteiger partial charge in [-0.15, -0.1) is 0 Å². The highest BCUT2D eigenvalue weighted by molar-refractivity contribution is 6.30. The molecule has 0 aromatic heterocycles. The molecule has 2 rings (SSSR count). The molecular weight excluding hydrogens is 261 g/mol. The second-order valence-electron chi connectivity index (χ2n) is 6.69. The van der Waals surface area contributed by atoms with Gasteiger partial charge in [0.2, 0.25) is 0 Å². The maximum atomic E-state index is 14.4. The fraction of sp³-hybridized carbons (Fsp3) is 0.625. The Balaban J connectivity index is 2.31. The van der Waals surface area contributed by atoms with Crippen molar-refractivity contribution >= 4 is 11.6 Å². The molecule has 3 heteroatoms. The normalized spacial score (nSPS) is 18.8. The minimum Gasteiger partial charge on any atom is -0.311 e. The average molecular weight is 284 g/mol. The summed E-state index contributed by atoms with van der Waals surface area (Å²) in [7, 11) is 0. The predicted octanol–water partition coefficient (Wildman–Crippen LogP) is 4.68. The zero-order chi connectivity index (χ0) is 14.1. The number of hydrogen-bond acceptors (Lipinski definition) is 1. The van der Waals surface area contributed by atoms with E-state index >= 15 is 0 Å². The van der Waals surface area contributed by atoms with Gasteiger partial charge in [-0.2, -0.15) is 0 Å². The molecule has 0 spiro atoms. The SMILES string of the molecule is CC(C)(C)NCC1(c2cccc(Cl)c2F)CCCC1. The Morgan fingerprint density at radius 3 is 2.47 bits per heavy atom. The minimum atomic E-state index is -0.234. The van der Waals surface area contributed by atoms with Crippen molar-refractivity contribution in [2.75, 3.05) is 6.54 Å². The highest BCUT2D eigenvalue weighted by atomic mass is 35.5. The molecule has 0 aliphatic heterocycles. The van der Waals surface area contributed by atoms with E-state index in [0.29, 0.717) is 0 Å². The van der Waals surface area contributed by atoms with Gasteiger partial charge in [0.05, 0.1) is 5.02 Å². The third-order valence-electron chi connectivity index (χ3n) is 4.04. The number of nitrogens with one attached hydrogen (secondary N) is 1. The third-order valence-corrected chi connectivity index (χ3v) is 4.33. The molecule has 0 saturated heterocycles. The van der Waals surface area contributed by atoms with Crippen molar-refractivity contribution in [1.29, 1.82) is 0 Å². The summed E-state index contributed by atoms with van der Waals surface area (Å²) in [6.07, 6.45) is 4.40. The standard InChI is InChI=1S/C16H23ClFN/c1-15(2,3)19-11-16(9-4-5-10-16)12-7-6-8-13(17)14(12)18/h6-8,19H,4-5,9-11H2,1-3H3. The van der Waals surface area contributed by atoms with E-state index in [0.717, 1.165) is 37.8 Å². The van der Waals surface area contributed by atoms with Gasteiger partial charge in [-0.3, -0.25) is 0 Å². The van der Waals surface area contributed by atoms with E-state index in [9.17, 15) is 4.39 Å². The molecule has 0 bridgehead atoms. The zero-order valence-electron chi connectivity index (χ0n) is 12.0. The molecule has 1 aromatic carbocycles. The van der Waals surface area contributed by atoms with Gasteiger partial charge in [-0.25, -0.2) is 4.39 Å². The number of benzene rings is 1. The van der Waals surface area contributed by atoms with Crippen LogP contribution < -0.4 is 5.32 Å². The molecule has 1 aliphatic rings. The maximum absolute atomic E-state index is 14.4. The lowest BCUT2D eigenvalue weighted by Gasteiger charge is -2.34. The lowest BCUT2D eigenvalue weighted by Crippen LogP contribution is -2.45. The third kappa shape index (κ3) is 3.29. The predicted molar refractivity (Wildman–Crippen MR) is 79.3 cm³/mol. The molecule has 0 atom stereocenters. The summed E-state index contributed by atoms with van der Waals surface area (Å²) in [5.41, 5.74) is 0.738. The Hall–Kier alpha value is -0.600. The molecule has 106 valence electrons. The van der Waals surface area contributed by atoms with E-state index in [4.69, 9.17) is 11.6 Å².